The molecule has 226 valence electrons. The van der Waals surface area contributed by atoms with E-state index in [-0.39, 0.29) is 16.6 Å². The molecule has 3 aromatic rings. The minimum Gasteiger partial charge on any atom is -0.461 e. The molecule has 0 bridgehead atoms. The first-order valence-corrected chi connectivity index (χ1v) is 14.6. The number of nitriles is 1. The fourth-order valence-corrected chi connectivity index (χ4v) is 6.02. The average Bonchev–Trinajstić information content (AvgIpc) is 3.00. The SMILES string of the molecule is C=C(F)C(=O)N1CCN(c2nc(OCC3(N)CCC3)nc3c2CCN(c2cccc4ccc(F)c(Cl)c24)C3)CC1.CC#N. The third kappa shape index (κ3) is 6.36. The number of nitrogens with zero attached hydrogens (tertiary/aromatic N) is 6. The third-order valence-electron chi connectivity index (χ3n) is 8.21. The van der Waals surface area contributed by atoms with E-state index in [0.717, 1.165) is 47.4 Å². The molecule has 0 spiro atoms. The van der Waals surface area contributed by atoms with Gasteiger partial charge in [-0.15, -0.1) is 0 Å². The van der Waals surface area contributed by atoms with Crippen LogP contribution in [0.3, 0.4) is 0 Å². The van der Waals surface area contributed by atoms with E-state index in [1.165, 1.54) is 17.9 Å². The summed E-state index contributed by atoms with van der Waals surface area (Å²) < 4.78 is 33.9. The fourth-order valence-electron chi connectivity index (χ4n) is 5.75. The van der Waals surface area contributed by atoms with E-state index in [1.807, 2.05) is 18.2 Å². The molecule has 0 unspecified atom stereocenters. The van der Waals surface area contributed by atoms with Gasteiger partial charge in [0.2, 0.25) is 0 Å². The number of halogens is 3. The minimum atomic E-state index is -0.955. The van der Waals surface area contributed by atoms with Crippen molar-refractivity contribution in [3.8, 4) is 12.1 Å². The molecular formula is C31H34ClF2N7O2. The van der Waals surface area contributed by atoms with Gasteiger partial charge in [0.05, 0.1) is 28.9 Å². The highest BCUT2D eigenvalue weighted by Crippen LogP contribution is 2.38. The number of nitrogens with two attached hydrogens (primary N) is 1. The van der Waals surface area contributed by atoms with Crippen LogP contribution in [0.25, 0.3) is 10.8 Å². The number of carbonyl (C=O) groups excluding carboxylic acids is 1. The lowest BCUT2D eigenvalue weighted by atomic mass is 9.78. The van der Waals surface area contributed by atoms with Gasteiger partial charge in [-0.25, -0.2) is 8.78 Å². The number of hydrogen-bond acceptors (Lipinski definition) is 8. The molecular weight excluding hydrogens is 576 g/mol. The Kier molecular flexibility index (Phi) is 8.99. The van der Waals surface area contributed by atoms with Gasteiger partial charge >= 0.3 is 6.01 Å². The van der Waals surface area contributed by atoms with E-state index in [2.05, 4.69) is 16.4 Å². The lowest BCUT2D eigenvalue weighted by Gasteiger charge is -2.39. The van der Waals surface area contributed by atoms with Crippen molar-refractivity contribution in [2.75, 3.05) is 49.1 Å². The van der Waals surface area contributed by atoms with Gasteiger partial charge < -0.3 is 25.2 Å². The van der Waals surface area contributed by atoms with E-state index in [4.69, 9.17) is 37.3 Å². The Hall–Kier alpha value is -4.01. The summed E-state index contributed by atoms with van der Waals surface area (Å²) in [6, 6.07) is 10.9. The number of hydrogen-bond donors (Lipinski definition) is 1. The lowest BCUT2D eigenvalue weighted by molar-refractivity contribution is -0.128. The second-order valence-corrected chi connectivity index (χ2v) is 11.5. The normalized spacial score (nSPS) is 17.3. The predicted molar refractivity (Wildman–Crippen MR) is 162 cm³/mol. The predicted octanol–water partition coefficient (Wildman–Crippen LogP) is 4.91. The largest absolute Gasteiger partial charge is 0.461 e. The molecule has 3 heterocycles. The molecule has 6 rings (SSSR count). The van der Waals surface area contributed by atoms with Crippen molar-refractivity contribution in [2.24, 2.45) is 5.73 Å². The summed E-state index contributed by atoms with van der Waals surface area (Å²) in [5.74, 6) is -1.33. The first kappa shape index (κ1) is 30.4. The summed E-state index contributed by atoms with van der Waals surface area (Å²) in [6.07, 6.45) is 3.52. The number of rotatable bonds is 6. The molecule has 1 amide bonds. The van der Waals surface area contributed by atoms with Crippen LogP contribution >= 0.6 is 11.6 Å². The zero-order chi connectivity index (χ0) is 30.7. The van der Waals surface area contributed by atoms with Gasteiger partial charge in [-0.3, -0.25) is 4.79 Å². The van der Waals surface area contributed by atoms with Gasteiger partial charge in [0, 0.05) is 56.3 Å². The van der Waals surface area contributed by atoms with Gasteiger partial charge in [-0.1, -0.05) is 36.4 Å². The highest BCUT2D eigenvalue weighted by molar-refractivity contribution is 6.36. The molecule has 9 nitrogen and oxygen atoms in total. The van der Waals surface area contributed by atoms with Crippen LogP contribution in [0.5, 0.6) is 6.01 Å². The van der Waals surface area contributed by atoms with Gasteiger partial charge in [-0.05, 0) is 43.2 Å². The Morgan fingerprint density at radius 3 is 2.53 bits per heavy atom. The number of piperazine rings is 1. The number of amides is 1. The first-order chi connectivity index (χ1) is 20.6. The monoisotopic (exact) mass is 609 g/mol. The van der Waals surface area contributed by atoms with Crippen molar-refractivity contribution in [2.45, 2.75) is 44.7 Å². The fraction of sp³-hybridized carbons (Fsp3) is 0.419. The summed E-state index contributed by atoms with van der Waals surface area (Å²) in [6.45, 7) is 7.70. The van der Waals surface area contributed by atoms with Crippen LogP contribution < -0.4 is 20.3 Å². The average molecular weight is 610 g/mol. The van der Waals surface area contributed by atoms with E-state index in [9.17, 15) is 13.6 Å². The number of anilines is 2. The van der Waals surface area contributed by atoms with Crippen LogP contribution in [0.2, 0.25) is 5.02 Å². The second kappa shape index (κ2) is 12.7. The maximum atomic E-state index is 14.4. The highest BCUT2D eigenvalue weighted by Gasteiger charge is 2.35. The van der Waals surface area contributed by atoms with Crippen molar-refractivity contribution in [3.05, 3.63) is 64.8 Å². The Balaban J connectivity index is 0.00000118. The molecule has 0 atom stereocenters. The van der Waals surface area contributed by atoms with Crippen LogP contribution in [-0.2, 0) is 17.8 Å². The van der Waals surface area contributed by atoms with Crippen molar-refractivity contribution < 1.29 is 18.3 Å². The summed E-state index contributed by atoms with van der Waals surface area (Å²) in [5.41, 5.74) is 8.68. The van der Waals surface area contributed by atoms with Gasteiger partial charge in [0.1, 0.15) is 18.2 Å². The summed E-state index contributed by atoms with van der Waals surface area (Å²) >= 11 is 6.44. The van der Waals surface area contributed by atoms with Crippen LogP contribution in [0.4, 0.5) is 20.3 Å². The zero-order valence-electron chi connectivity index (χ0n) is 24.1. The molecule has 2 N–H and O–H groups in total. The maximum Gasteiger partial charge on any atom is 0.318 e. The zero-order valence-corrected chi connectivity index (χ0v) is 24.8. The summed E-state index contributed by atoms with van der Waals surface area (Å²) in [4.78, 5) is 27.4. The Labute approximate surface area is 254 Å². The quantitative estimate of drug-likeness (QED) is 0.393. The second-order valence-electron chi connectivity index (χ2n) is 11.1. The molecule has 12 heteroatoms. The summed E-state index contributed by atoms with van der Waals surface area (Å²) in [5, 5.41) is 8.95. The van der Waals surface area contributed by atoms with Crippen molar-refractivity contribution in [1.29, 1.82) is 5.26 Å². The van der Waals surface area contributed by atoms with Gasteiger partial charge in [0.15, 0.2) is 5.83 Å². The van der Waals surface area contributed by atoms with E-state index in [0.29, 0.717) is 57.7 Å². The summed E-state index contributed by atoms with van der Waals surface area (Å²) in [7, 11) is 0. The molecule has 1 aliphatic carbocycles. The number of benzene rings is 2. The third-order valence-corrected chi connectivity index (χ3v) is 8.58. The Morgan fingerprint density at radius 2 is 1.88 bits per heavy atom. The van der Waals surface area contributed by atoms with E-state index in [1.54, 1.807) is 12.1 Å². The smallest absolute Gasteiger partial charge is 0.318 e. The minimum absolute atomic E-state index is 0.100. The highest BCUT2D eigenvalue weighted by atomic mass is 35.5. The van der Waals surface area contributed by atoms with Crippen LogP contribution in [0, 0.1) is 17.1 Å². The van der Waals surface area contributed by atoms with Crippen molar-refractivity contribution in [3.63, 3.8) is 0 Å². The number of fused-ring (bicyclic) bond motifs is 2. The van der Waals surface area contributed by atoms with E-state index < -0.39 is 17.6 Å². The molecule has 1 aromatic heterocycles. The van der Waals surface area contributed by atoms with Crippen LogP contribution in [-0.4, -0.2) is 65.6 Å². The molecule has 2 aromatic carbocycles. The molecule has 1 saturated heterocycles. The number of carbonyl (C=O) groups is 1. The Bertz CT molecular complexity index is 1580. The first-order valence-electron chi connectivity index (χ1n) is 14.3. The molecule has 0 radical (unpaired) electrons. The molecule has 43 heavy (non-hydrogen) atoms. The Morgan fingerprint density at radius 1 is 1.16 bits per heavy atom. The van der Waals surface area contributed by atoms with Gasteiger partial charge in [-0.2, -0.15) is 15.2 Å². The van der Waals surface area contributed by atoms with Crippen molar-refractivity contribution >= 4 is 39.8 Å². The topological polar surface area (TPSA) is 112 Å². The number of ether oxygens (including phenoxy) is 1. The maximum absolute atomic E-state index is 14.4. The molecule has 1 saturated carbocycles. The lowest BCUT2D eigenvalue weighted by Crippen LogP contribution is -2.51. The molecule has 2 aliphatic heterocycles. The van der Waals surface area contributed by atoms with E-state index >= 15 is 0 Å². The van der Waals surface area contributed by atoms with Gasteiger partial charge in [0.25, 0.3) is 5.91 Å². The molecule has 2 fully saturated rings. The number of aromatic nitrogens is 2. The van der Waals surface area contributed by atoms with Crippen molar-refractivity contribution in [1.82, 2.24) is 14.9 Å². The van der Waals surface area contributed by atoms with Crippen LogP contribution in [0.1, 0.15) is 37.4 Å². The molecule has 3 aliphatic rings. The van der Waals surface area contributed by atoms with Crippen LogP contribution in [0.15, 0.2) is 42.7 Å². The standard InChI is InChI=1S/C29H31ClF2N6O2.C2H3N/c1-18(31)27(39)37-14-12-36(13-15-37)26-20-8-11-38(23-5-2-4-19-6-7-21(32)25(30)24(19)23)16-22(20)34-28(35-26)40-17-29(33)9-3-10-29;1-2-3/h2,4-7H,1,3,8-17,33H2;1H3.